The number of ether oxygens (including phenoxy) is 2. The number of fused-ring (bicyclic) bond motifs is 2. The van der Waals surface area contributed by atoms with Gasteiger partial charge in [-0.05, 0) is 49.1 Å². The third kappa shape index (κ3) is 5.57. The highest BCUT2D eigenvalue weighted by Gasteiger charge is 2.75. The molecule has 0 aromatic heterocycles. The van der Waals surface area contributed by atoms with Crippen molar-refractivity contribution >= 4 is 40.2 Å². The Hall–Kier alpha value is -4.02. The molecule has 2 aromatic rings. The zero-order valence-corrected chi connectivity index (χ0v) is 24.4. The molecule has 10 nitrogen and oxygen atoms in total. The van der Waals surface area contributed by atoms with E-state index in [0.29, 0.717) is 31.4 Å². The van der Waals surface area contributed by atoms with E-state index < -0.39 is 47.6 Å². The van der Waals surface area contributed by atoms with Gasteiger partial charge in [-0.15, -0.1) is 13.2 Å². The van der Waals surface area contributed by atoms with Gasteiger partial charge in [0.25, 0.3) is 5.91 Å². The normalized spacial score (nSPS) is 26.2. The summed E-state index contributed by atoms with van der Waals surface area (Å²) < 4.78 is 12.2. The molecular weight excluding hydrogens is 550 g/mol. The van der Waals surface area contributed by atoms with Crippen molar-refractivity contribution in [3.8, 4) is 0 Å². The number of carbonyl (C=O) groups is 4. The van der Waals surface area contributed by atoms with Crippen LogP contribution in [0.5, 0.6) is 0 Å². The van der Waals surface area contributed by atoms with Crippen LogP contribution in [0, 0.1) is 11.8 Å². The lowest BCUT2D eigenvalue weighted by atomic mass is 9.70. The summed E-state index contributed by atoms with van der Waals surface area (Å²) >= 11 is 0. The summed E-state index contributed by atoms with van der Waals surface area (Å²) in [6, 6.07) is 12.5. The molecule has 0 saturated carbocycles. The third-order valence-electron chi connectivity index (χ3n) is 8.75. The summed E-state index contributed by atoms with van der Waals surface area (Å²) in [6.45, 7) is 9.03. The second-order valence-electron chi connectivity index (χ2n) is 11.5. The first-order chi connectivity index (χ1) is 20.7. The molecule has 10 heteroatoms. The average Bonchev–Trinajstić information content (AvgIpc) is 3.65. The molecular formula is C33H39N3O7. The number of rotatable bonds is 13. The number of nitrogens with zero attached hydrogens (tertiary/aromatic N) is 2. The van der Waals surface area contributed by atoms with Gasteiger partial charge in [0.15, 0.2) is 0 Å². The van der Waals surface area contributed by atoms with Gasteiger partial charge in [0.2, 0.25) is 11.8 Å². The average molecular weight is 590 g/mol. The molecule has 2 N–H and O–H groups in total. The Balaban J connectivity index is 1.40. The van der Waals surface area contributed by atoms with Crippen LogP contribution in [0.4, 0.5) is 5.69 Å². The second kappa shape index (κ2) is 12.7. The maximum Gasteiger partial charge on any atom is 0.312 e. The minimum Gasteiger partial charge on any atom is -0.460 e. The quantitative estimate of drug-likeness (QED) is 0.272. The maximum atomic E-state index is 14.5. The molecule has 0 aliphatic carbocycles. The summed E-state index contributed by atoms with van der Waals surface area (Å²) in [5, 5.41) is 14.6. The van der Waals surface area contributed by atoms with E-state index in [4.69, 9.17) is 9.47 Å². The van der Waals surface area contributed by atoms with Gasteiger partial charge in [-0.1, -0.05) is 42.5 Å². The minimum absolute atomic E-state index is 0.0733. The number of likely N-dealkylation sites (tertiary alicyclic amines) is 1. The summed E-state index contributed by atoms with van der Waals surface area (Å²) in [5.41, 5.74) is -0.580. The molecule has 2 aromatic carbocycles. The molecule has 43 heavy (non-hydrogen) atoms. The summed E-state index contributed by atoms with van der Waals surface area (Å²) in [7, 11) is 0. The van der Waals surface area contributed by atoms with Crippen molar-refractivity contribution in [1.82, 2.24) is 10.2 Å². The molecule has 3 heterocycles. The molecule has 228 valence electrons. The Morgan fingerprint density at radius 1 is 1.21 bits per heavy atom. The van der Waals surface area contributed by atoms with E-state index in [1.54, 1.807) is 24.0 Å². The van der Waals surface area contributed by atoms with Crippen molar-refractivity contribution in [1.29, 1.82) is 0 Å². The van der Waals surface area contributed by atoms with Crippen molar-refractivity contribution < 1.29 is 33.8 Å². The van der Waals surface area contributed by atoms with Gasteiger partial charge in [0, 0.05) is 25.2 Å². The van der Waals surface area contributed by atoms with Crippen LogP contribution in [-0.4, -0.2) is 83.8 Å². The predicted octanol–water partition coefficient (Wildman–Crippen LogP) is 2.74. The van der Waals surface area contributed by atoms with Crippen LogP contribution in [0.15, 0.2) is 67.8 Å². The second-order valence-corrected chi connectivity index (χ2v) is 11.5. The molecule has 6 atom stereocenters. The van der Waals surface area contributed by atoms with Crippen LogP contribution in [0.3, 0.4) is 0 Å². The summed E-state index contributed by atoms with van der Waals surface area (Å²) in [6.07, 6.45) is 3.82. The molecule has 3 amide bonds. The Kier molecular flexibility index (Phi) is 8.98. The molecule has 5 rings (SSSR count). The minimum atomic E-state index is -1.23. The fourth-order valence-corrected chi connectivity index (χ4v) is 6.89. The topological polar surface area (TPSA) is 125 Å². The number of esters is 1. The first kappa shape index (κ1) is 30.4. The first-order valence-electron chi connectivity index (χ1n) is 14.8. The van der Waals surface area contributed by atoms with E-state index >= 15 is 0 Å². The number of aliphatic hydroxyl groups excluding tert-OH is 1. The van der Waals surface area contributed by atoms with Crippen molar-refractivity contribution in [3.05, 3.63) is 67.8 Å². The number of hydrogen-bond acceptors (Lipinski definition) is 7. The lowest BCUT2D eigenvalue weighted by molar-refractivity contribution is -0.159. The number of carbonyl (C=O) groups excluding carboxylic acids is 4. The van der Waals surface area contributed by atoms with Crippen molar-refractivity contribution in [2.24, 2.45) is 11.8 Å². The zero-order valence-electron chi connectivity index (χ0n) is 24.4. The van der Waals surface area contributed by atoms with Gasteiger partial charge in [-0.2, -0.15) is 0 Å². The summed E-state index contributed by atoms with van der Waals surface area (Å²) in [4.78, 5) is 56.9. The van der Waals surface area contributed by atoms with E-state index in [-0.39, 0.29) is 38.1 Å². The maximum absolute atomic E-state index is 14.5. The van der Waals surface area contributed by atoms with E-state index in [2.05, 4.69) is 18.5 Å². The van der Waals surface area contributed by atoms with E-state index in [0.717, 1.165) is 10.8 Å². The number of β-amino-alcohol motifs (C(OH)–C–C–N with tert-alkyl or cyclic N) is 1. The number of aliphatic hydroxyl groups is 1. The molecule has 1 spiro atoms. The van der Waals surface area contributed by atoms with Crippen LogP contribution in [-0.2, 0) is 28.7 Å². The highest BCUT2D eigenvalue weighted by molar-refractivity contribution is 6.05. The van der Waals surface area contributed by atoms with Gasteiger partial charge in [0.1, 0.15) is 17.7 Å². The van der Waals surface area contributed by atoms with E-state index in [1.165, 1.54) is 4.90 Å². The van der Waals surface area contributed by atoms with Crippen LogP contribution >= 0.6 is 0 Å². The highest BCUT2D eigenvalue weighted by atomic mass is 16.6. The number of anilines is 1. The monoisotopic (exact) mass is 589 g/mol. The fourth-order valence-electron chi connectivity index (χ4n) is 6.89. The molecule has 3 saturated heterocycles. The smallest absolute Gasteiger partial charge is 0.312 e. The standard InChI is InChI=1S/C33H39N3O7/c1-4-6-11-26(38)34-20-21(3)42-32(41)27-25-14-15-33(43-25)28(27)30(39)36(17-18-37)29(33)31(40)35(16-5-2)24-13-12-22-9-7-8-10-23(22)19-24/h4-5,7-10,12-13,19,21,25,27-29,37H,1-2,6,11,14-18,20H2,3H3,(H,34,38)/t21-,25+,27-,28-,29+,33-/m0/s1. The molecule has 3 aliphatic heterocycles. The molecule has 3 fully saturated rings. The third-order valence-corrected chi connectivity index (χ3v) is 8.75. The molecule has 0 unspecified atom stereocenters. The molecule has 0 radical (unpaired) electrons. The van der Waals surface area contributed by atoms with Crippen LogP contribution in [0.1, 0.15) is 32.6 Å². The zero-order chi connectivity index (χ0) is 30.7. The SMILES string of the molecule is C=CCCC(=O)NC[C@H](C)OC(=O)[C@@H]1[C@H]2C(=O)N(CCO)[C@H](C(=O)N(CC=C)c3ccc4ccccc4c3)[C@]23CC[C@H]1O3. The van der Waals surface area contributed by atoms with Crippen LogP contribution in [0.2, 0.25) is 0 Å². The largest absolute Gasteiger partial charge is 0.460 e. The molecule has 3 aliphatic rings. The number of allylic oxidation sites excluding steroid dienone is 1. The van der Waals surface area contributed by atoms with E-state index in [1.807, 2.05) is 42.5 Å². The highest BCUT2D eigenvalue weighted by Crippen LogP contribution is 2.59. The molecule has 2 bridgehead atoms. The van der Waals surface area contributed by atoms with Crippen molar-refractivity contribution in [2.75, 3.05) is 31.1 Å². The van der Waals surface area contributed by atoms with Gasteiger partial charge < -0.3 is 29.7 Å². The summed E-state index contributed by atoms with van der Waals surface area (Å²) in [5.74, 6) is -3.34. The van der Waals surface area contributed by atoms with Gasteiger partial charge in [-0.3, -0.25) is 19.2 Å². The number of amides is 3. The van der Waals surface area contributed by atoms with Crippen LogP contribution < -0.4 is 10.2 Å². The van der Waals surface area contributed by atoms with Gasteiger partial charge >= 0.3 is 5.97 Å². The predicted molar refractivity (Wildman–Crippen MR) is 161 cm³/mol. The first-order valence-corrected chi connectivity index (χ1v) is 14.8. The van der Waals surface area contributed by atoms with Crippen molar-refractivity contribution in [3.63, 3.8) is 0 Å². The Bertz CT molecular complexity index is 1430. The van der Waals surface area contributed by atoms with Gasteiger partial charge in [-0.25, -0.2) is 0 Å². The Morgan fingerprint density at radius 3 is 2.70 bits per heavy atom. The fraction of sp³-hybridized carbons (Fsp3) is 0.455. The Labute approximate surface area is 251 Å². The lowest BCUT2D eigenvalue weighted by Gasteiger charge is -2.36. The van der Waals surface area contributed by atoms with Crippen molar-refractivity contribution in [2.45, 2.75) is 56.5 Å². The number of benzene rings is 2. The van der Waals surface area contributed by atoms with E-state index in [9.17, 15) is 24.3 Å². The number of nitrogens with one attached hydrogen (secondary N) is 1. The Morgan fingerprint density at radius 2 is 1.98 bits per heavy atom. The van der Waals surface area contributed by atoms with Crippen LogP contribution in [0.25, 0.3) is 10.8 Å². The number of hydrogen-bond donors (Lipinski definition) is 2. The van der Waals surface area contributed by atoms with Gasteiger partial charge in [0.05, 0.1) is 31.1 Å². The lowest BCUT2D eigenvalue weighted by Crippen LogP contribution is -2.56.